The molecule has 0 radical (unpaired) electrons. The molecule has 0 saturated heterocycles. The van der Waals surface area contributed by atoms with E-state index in [2.05, 4.69) is 0 Å². The van der Waals surface area contributed by atoms with Crippen molar-refractivity contribution in [3.05, 3.63) is 70.3 Å². The van der Waals surface area contributed by atoms with E-state index < -0.39 is 17.0 Å². The lowest BCUT2D eigenvalue weighted by Crippen LogP contribution is -1.98. The zero-order valence-electron chi connectivity index (χ0n) is 10.2. The van der Waals surface area contributed by atoms with Gasteiger partial charge in [-0.1, -0.05) is 24.3 Å². The average molecular weight is 267 g/mol. The van der Waals surface area contributed by atoms with Crippen molar-refractivity contribution in [3.63, 3.8) is 0 Å². The van der Waals surface area contributed by atoms with Gasteiger partial charge in [0.1, 0.15) is 11.6 Å². The third kappa shape index (κ3) is 2.54. The van der Waals surface area contributed by atoms with Gasteiger partial charge in [0.15, 0.2) is 0 Å². The molecule has 0 amide bonds. The molecule has 2 aromatic rings. The van der Waals surface area contributed by atoms with Gasteiger partial charge in [-0.05, 0) is 36.6 Å². The van der Waals surface area contributed by atoms with Crippen LogP contribution in [0, 0.1) is 25.5 Å². The van der Waals surface area contributed by atoms with E-state index in [0.717, 1.165) is 22.8 Å². The highest BCUT2D eigenvalue weighted by Crippen LogP contribution is 2.31. The number of aryl methyl sites for hydroxylation is 2. The fourth-order valence-corrected chi connectivity index (χ4v) is 2.12. The molecule has 0 aromatic heterocycles. The van der Waals surface area contributed by atoms with Crippen LogP contribution in [0.25, 0.3) is 0 Å². The lowest BCUT2D eigenvalue weighted by Gasteiger charge is -2.13. The number of halogens is 3. The van der Waals surface area contributed by atoms with Gasteiger partial charge >= 0.3 is 0 Å². The van der Waals surface area contributed by atoms with Gasteiger partial charge in [-0.2, -0.15) is 0 Å². The van der Waals surface area contributed by atoms with Crippen molar-refractivity contribution >= 4 is 11.6 Å². The van der Waals surface area contributed by atoms with Crippen LogP contribution in [0.1, 0.15) is 27.6 Å². The SMILES string of the molecule is Cc1ccc(C(Cl)c2ccc(F)cc2F)cc1C. The van der Waals surface area contributed by atoms with E-state index in [1.165, 1.54) is 12.1 Å². The summed E-state index contributed by atoms with van der Waals surface area (Å²) in [6, 6.07) is 9.19. The van der Waals surface area contributed by atoms with Gasteiger partial charge < -0.3 is 0 Å². The molecule has 0 bridgehead atoms. The van der Waals surface area contributed by atoms with Crippen LogP contribution in [0.4, 0.5) is 8.78 Å². The molecule has 94 valence electrons. The first-order valence-corrected chi connectivity index (χ1v) is 6.09. The van der Waals surface area contributed by atoms with E-state index in [-0.39, 0.29) is 0 Å². The predicted molar refractivity (Wildman–Crippen MR) is 70.0 cm³/mol. The zero-order valence-corrected chi connectivity index (χ0v) is 10.9. The summed E-state index contributed by atoms with van der Waals surface area (Å²) in [7, 11) is 0. The lowest BCUT2D eigenvalue weighted by atomic mass is 10.00. The quantitative estimate of drug-likeness (QED) is 0.678. The minimum Gasteiger partial charge on any atom is -0.207 e. The van der Waals surface area contributed by atoms with Crippen molar-refractivity contribution in [1.82, 2.24) is 0 Å². The number of hydrogen-bond donors (Lipinski definition) is 0. The summed E-state index contributed by atoms with van der Waals surface area (Å²) in [6.07, 6.45) is 0. The Morgan fingerprint density at radius 1 is 0.944 bits per heavy atom. The third-order valence-electron chi connectivity index (χ3n) is 3.06. The first-order chi connectivity index (χ1) is 8.49. The monoisotopic (exact) mass is 266 g/mol. The summed E-state index contributed by atoms with van der Waals surface area (Å²) in [4.78, 5) is 0. The maximum absolute atomic E-state index is 13.6. The summed E-state index contributed by atoms with van der Waals surface area (Å²) in [5, 5.41) is -0.607. The Hall–Kier alpha value is -1.41. The first-order valence-electron chi connectivity index (χ1n) is 5.65. The number of hydrogen-bond acceptors (Lipinski definition) is 0. The molecule has 0 aliphatic heterocycles. The lowest BCUT2D eigenvalue weighted by molar-refractivity contribution is 0.573. The van der Waals surface area contributed by atoms with Crippen LogP contribution in [-0.4, -0.2) is 0 Å². The van der Waals surface area contributed by atoms with E-state index in [9.17, 15) is 8.78 Å². The molecule has 0 aliphatic carbocycles. The Kier molecular flexibility index (Phi) is 3.67. The van der Waals surface area contributed by atoms with Crippen LogP contribution in [0.2, 0.25) is 0 Å². The van der Waals surface area contributed by atoms with Crippen molar-refractivity contribution < 1.29 is 8.78 Å². The number of rotatable bonds is 2. The minimum atomic E-state index is -0.617. The van der Waals surface area contributed by atoms with Crippen molar-refractivity contribution in [1.29, 1.82) is 0 Å². The van der Waals surface area contributed by atoms with E-state index in [1.54, 1.807) is 0 Å². The molecule has 2 aromatic carbocycles. The van der Waals surface area contributed by atoms with Crippen LogP contribution in [-0.2, 0) is 0 Å². The highest BCUT2D eigenvalue weighted by Gasteiger charge is 2.16. The highest BCUT2D eigenvalue weighted by atomic mass is 35.5. The second-order valence-electron chi connectivity index (χ2n) is 4.37. The van der Waals surface area contributed by atoms with Gasteiger partial charge in [0.2, 0.25) is 0 Å². The molecule has 0 N–H and O–H groups in total. The number of benzene rings is 2. The zero-order chi connectivity index (χ0) is 13.3. The van der Waals surface area contributed by atoms with Crippen LogP contribution in [0.15, 0.2) is 36.4 Å². The van der Waals surface area contributed by atoms with Gasteiger partial charge in [-0.25, -0.2) is 8.78 Å². The average Bonchev–Trinajstić information content (AvgIpc) is 2.32. The molecule has 1 atom stereocenters. The Morgan fingerprint density at radius 3 is 2.28 bits per heavy atom. The van der Waals surface area contributed by atoms with Gasteiger partial charge in [0, 0.05) is 11.6 Å². The van der Waals surface area contributed by atoms with Gasteiger partial charge in [-0.3, -0.25) is 0 Å². The Labute approximate surface area is 110 Å². The minimum absolute atomic E-state index is 0.293. The molecule has 0 fully saturated rings. The molecular weight excluding hydrogens is 254 g/mol. The number of alkyl halides is 1. The summed E-state index contributed by atoms with van der Waals surface area (Å²) >= 11 is 6.25. The van der Waals surface area contributed by atoms with Crippen LogP contribution >= 0.6 is 11.6 Å². The standard InChI is InChI=1S/C15H13ClF2/c1-9-3-4-11(7-10(9)2)15(16)13-6-5-12(17)8-14(13)18/h3-8,15H,1-2H3. The summed E-state index contributed by atoms with van der Waals surface area (Å²) in [5.41, 5.74) is 3.36. The second-order valence-corrected chi connectivity index (χ2v) is 4.81. The van der Waals surface area contributed by atoms with Gasteiger partial charge in [0.25, 0.3) is 0 Å². The van der Waals surface area contributed by atoms with Crippen molar-refractivity contribution in [2.45, 2.75) is 19.2 Å². The molecule has 18 heavy (non-hydrogen) atoms. The highest BCUT2D eigenvalue weighted by molar-refractivity contribution is 6.22. The Bertz CT molecular complexity index is 579. The topological polar surface area (TPSA) is 0 Å². The molecule has 1 unspecified atom stereocenters. The maximum atomic E-state index is 13.6. The van der Waals surface area contributed by atoms with Crippen molar-refractivity contribution in [3.8, 4) is 0 Å². The Morgan fingerprint density at radius 2 is 1.67 bits per heavy atom. The fourth-order valence-electron chi connectivity index (χ4n) is 1.81. The molecule has 2 rings (SSSR count). The summed E-state index contributed by atoms with van der Waals surface area (Å²) in [5.74, 6) is -1.21. The summed E-state index contributed by atoms with van der Waals surface area (Å²) in [6.45, 7) is 3.98. The molecular formula is C15H13ClF2. The van der Waals surface area contributed by atoms with E-state index in [1.807, 2.05) is 32.0 Å². The largest absolute Gasteiger partial charge is 0.207 e. The van der Waals surface area contributed by atoms with E-state index in [4.69, 9.17) is 11.6 Å². The Balaban J connectivity index is 2.41. The normalized spacial score (nSPS) is 12.5. The first kappa shape index (κ1) is 13.0. The third-order valence-corrected chi connectivity index (χ3v) is 3.55. The predicted octanol–water partition coefficient (Wildman–Crippen LogP) is 4.91. The molecule has 0 saturated carbocycles. The smallest absolute Gasteiger partial charge is 0.131 e. The summed E-state index contributed by atoms with van der Waals surface area (Å²) < 4.78 is 26.5. The van der Waals surface area contributed by atoms with Gasteiger partial charge in [0.05, 0.1) is 5.38 Å². The molecule has 0 heterocycles. The van der Waals surface area contributed by atoms with Crippen molar-refractivity contribution in [2.75, 3.05) is 0 Å². The fraction of sp³-hybridized carbons (Fsp3) is 0.200. The molecule has 0 aliphatic rings. The van der Waals surface area contributed by atoms with Crippen LogP contribution < -0.4 is 0 Å². The molecule has 0 nitrogen and oxygen atoms in total. The maximum Gasteiger partial charge on any atom is 0.131 e. The van der Waals surface area contributed by atoms with Crippen LogP contribution in [0.5, 0.6) is 0 Å². The molecule has 0 spiro atoms. The second kappa shape index (κ2) is 5.07. The van der Waals surface area contributed by atoms with Crippen molar-refractivity contribution in [2.24, 2.45) is 0 Å². The van der Waals surface area contributed by atoms with E-state index in [0.29, 0.717) is 5.56 Å². The van der Waals surface area contributed by atoms with Gasteiger partial charge in [-0.15, -0.1) is 11.6 Å². The molecule has 3 heteroatoms. The van der Waals surface area contributed by atoms with E-state index >= 15 is 0 Å². The van der Waals surface area contributed by atoms with Crippen LogP contribution in [0.3, 0.4) is 0 Å².